The average Bonchev–Trinajstić information content (AvgIpc) is 3.27. The van der Waals surface area contributed by atoms with E-state index in [2.05, 4.69) is 98.9 Å². The predicted octanol–water partition coefficient (Wildman–Crippen LogP) is 4.15. The van der Waals surface area contributed by atoms with E-state index in [-0.39, 0.29) is 5.91 Å². The van der Waals surface area contributed by atoms with Gasteiger partial charge in [-0.25, -0.2) is 0 Å². The maximum absolute atomic E-state index is 13.3. The number of amides is 1. The number of carbonyl (C=O) groups is 1. The fraction of sp³-hybridized carbons (Fsp3) is 0.194. The monoisotopic (exact) mass is 508 g/mol. The van der Waals surface area contributed by atoms with Crippen LogP contribution in [0.5, 0.6) is 0 Å². The first-order valence-corrected chi connectivity index (χ1v) is 14.6. The molecule has 4 aromatic rings. The minimum Gasteiger partial charge on any atom is -0.423 e. The van der Waals surface area contributed by atoms with E-state index >= 15 is 0 Å². The van der Waals surface area contributed by atoms with E-state index in [9.17, 15) is 9.82 Å². The summed E-state index contributed by atoms with van der Waals surface area (Å²) < 4.78 is 5.29. The molecule has 0 bridgehead atoms. The number of hydrogen-bond acceptors (Lipinski definition) is 3. The van der Waals surface area contributed by atoms with Crippen molar-refractivity contribution >= 4 is 47.4 Å². The van der Waals surface area contributed by atoms with Gasteiger partial charge in [-0.1, -0.05) is 59.2 Å². The van der Waals surface area contributed by atoms with Gasteiger partial charge in [0.25, 0.3) is 0 Å². The standard InChI is InChI=1S/C31H31BNO3P/c1-22-4-12-27(13-5-22)37(28-14-6-23(2)7-15-28,29-16-8-24(3)9-17-29)19-18-31(34)33-26-11-10-25-21-36-32(35)30(25)20-26/h4-17,20,35H,18-19,21H2,1-3H3/p+1. The largest absolute Gasteiger partial charge is 0.491 e. The molecule has 186 valence electrons. The highest BCUT2D eigenvalue weighted by Gasteiger charge is 2.45. The number of hydrogen-bond donors (Lipinski definition) is 2. The van der Waals surface area contributed by atoms with E-state index in [1.807, 2.05) is 18.2 Å². The van der Waals surface area contributed by atoms with Crippen LogP contribution in [-0.2, 0) is 16.1 Å². The first-order chi connectivity index (χ1) is 17.8. The molecule has 1 amide bonds. The van der Waals surface area contributed by atoms with Crippen LogP contribution in [0.4, 0.5) is 5.69 Å². The van der Waals surface area contributed by atoms with Crippen LogP contribution in [0.1, 0.15) is 28.7 Å². The third-order valence-electron chi connectivity index (χ3n) is 7.19. The fourth-order valence-electron chi connectivity index (χ4n) is 5.02. The van der Waals surface area contributed by atoms with Gasteiger partial charge in [0.15, 0.2) is 0 Å². The summed E-state index contributed by atoms with van der Waals surface area (Å²) in [6.07, 6.45) is 1.09. The van der Waals surface area contributed by atoms with Gasteiger partial charge in [-0.2, -0.15) is 0 Å². The molecular weight excluding hydrogens is 476 g/mol. The Balaban J connectivity index is 1.51. The van der Waals surface area contributed by atoms with E-state index in [4.69, 9.17) is 4.65 Å². The lowest BCUT2D eigenvalue weighted by molar-refractivity contribution is -0.115. The minimum atomic E-state index is -2.12. The van der Waals surface area contributed by atoms with Crippen LogP contribution < -0.4 is 26.7 Å². The molecule has 0 aromatic heterocycles. The van der Waals surface area contributed by atoms with Gasteiger partial charge in [-0.15, -0.1) is 0 Å². The lowest BCUT2D eigenvalue weighted by Gasteiger charge is -2.28. The Labute approximate surface area is 220 Å². The highest BCUT2D eigenvalue weighted by atomic mass is 31.2. The zero-order valence-corrected chi connectivity index (χ0v) is 22.5. The van der Waals surface area contributed by atoms with Crippen molar-refractivity contribution < 1.29 is 14.5 Å². The molecule has 1 heterocycles. The Morgan fingerprint density at radius 2 is 1.30 bits per heavy atom. The molecule has 5 rings (SSSR count). The van der Waals surface area contributed by atoms with E-state index < -0.39 is 14.4 Å². The van der Waals surface area contributed by atoms with Gasteiger partial charge in [0.2, 0.25) is 5.91 Å². The summed E-state index contributed by atoms with van der Waals surface area (Å²) in [4.78, 5) is 13.3. The van der Waals surface area contributed by atoms with Crippen molar-refractivity contribution in [2.75, 3.05) is 11.5 Å². The van der Waals surface area contributed by atoms with Crippen molar-refractivity contribution in [2.45, 2.75) is 33.8 Å². The zero-order chi connectivity index (χ0) is 26.0. The molecule has 0 aliphatic carbocycles. The second-order valence-electron chi connectivity index (χ2n) is 9.92. The summed E-state index contributed by atoms with van der Waals surface area (Å²) in [7, 11) is -3.05. The van der Waals surface area contributed by atoms with Crippen molar-refractivity contribution in [3.8, 4) is 0 Å². The summed E-state index contributed by atoms with van der Waals surface area (Å²) in [5, 5.41) is 16.9. The molecular formula is C31H32BNO3P+. The first kappa shape index (κ1) is 25.4. The zero-order valence-electron chi connectivity index (χ0n) is 21.6. The second-order valence-corrected chi connectivity index (χ2v) is 13.5. The molecule has 6 heteroatoms. The third kappa shape index (κ3) is 5.26. The molecule has 0 unspecified atom stereocenters. The molecule has 1 aliphatic rings. The summed E-state index contributed by atoms with van der Waals surface area (Å²) in [6, 6.07) is 32.1. The smallest absolute Gasteiger partial charge is 0.423 e. The number of aryl methyl sites for hydroxylation is 3. The summed E-state index contributed by atoms with van der Waals surface area (Å²) in [6.45, 7) is 6.70. The number of nitrogens with one attached hydrogen (secondary N) is 1. The molecule has 0 radical (unpaired) electrons. The van der Waals surface area contributed by atoms with Gasteiger partial charge in [0, 0.05) is 5.69 Å². The molecule has 2 N–H and O–H groups in total. The molecule has 37 heavy (non-hydrogen) atoms. The fourth-order valence-corrected chi connectivity index (χ4v) is 9.20. The minimum absolute atomic E-state index is 0.0379. The third-order valence-corrected chi connectivity index (χ3v) is 11.6. The van der Waals surface area contributed by atoms with Crippen LogP contribution in [-0.4, -0.2) is 24.2 Å². The highest BCUT2D eigenvalue weighted by molar-refractivity contribution is 7.95. The van der Waals surface area contributed by atoms with Crippen LogP contribution in [0.3, 0.4) is 0 Å². The van der Waals surface area contributed by atoms with Crippen molar-refractivity contribution in [3.05, 3.63) is 113 Å². The Kier molecular flexibility index (Phi) is 7.30. The molecule has 0 atom stereocenters. The lowest BCUT2D eigenvalue weighted by Crippen LogP contribution is -2.34. The number of carbonyl (C=O) groups excluding carboxylic acids is 1. The van der Waals surface area contributed by atoms with Crippen LogP contribution in [0.15, 0.2) is 91.0 Å². The van der Waals surface area contributed by atoms with Crippen LogP contribution >= 0.6 is 7.26 Å². The van der Waals surface area contributed by atoms with E-state index in [0.717, 1.165) is 11.0 Å². The summed E-state index contributed by atoms with van der Waals surface area (Å²) in [5.41, 5.74) is 6.01. The van der Waals surface area contributed by atoms with Crippen molar-refractivity contribution in [1.82, 2.24) is 0 Å². The molecule has 0 saturated heterocycles. The molecule has 4 nitrogen and oxygen atoms in total. The first-order valence-electron chi connectivity index (χ1n) is 12.7. The summed E-state index contributed by atoms with van der Waals surface area (Å²) >= 11 is 0. The lowest BCUT2D eigenvalue weighted by atomic mass is 9.79. The quantitative estimate of drug-likeness (QED) is 0.291. The van der Waals surface area contributed by atoms with Crippen LogP contribution in [0.25, 0.3) is 0 Å². The van der Waals surface area contributed by atoms with Gasteiger partial charge in [-0.05, 0) is 80.3 Å². The Morgan fingerprint density at radius 1 is 0.811 bits per heavy atom. The Morgan fingerprint density at radius 3 is 1.78 bits per heavy atom. The van der Waals surface area contributed by atoms with Crippen molar-refractivity contribution in [1.29, 1.82) is 0 Å². The van der Waals surface area contributed by atoms with E-state index in [1.54, 1.807) is 0 Å². The number of anilines is 1. The normalized spacial score (nSPS) is 12.9. The molecule has 4 aromatic carbocycles. The number of fused-ring (bicyclic) bond motifs is 1. The van der Waals surface area contributed by atoms with Gasteiger partial charge < -0.3 is 15.0 Å². The summed E-state index contributed by atoms with van der Waals surface area (Å²) in [5.74, 6) is -0.0379. The maximum Gasteiger partial charge on any atom is 0.491 e. The Bertz CT molecular complexity index is 1290. The van der Waals surface area contributed by atoms with Gasteiger partial charge in [0.1, 0.15) is 23.2 Å². The second kappa shape index (κ2) is 10.6. The topological polar surface area (TPSA) is 58.6 Å². The maximum atomic E-state index is 13.3. The van der Waals surface area contributed by atoms with Crippen LogP contribution in [0.2, 0.25) is 0 Å². The van der Waals surface area contributed by atoms with Crippen LogP contribution in [0, 0.1) is 20.8 Å². The van der Waals surface area contributed by atoms with Gasteiger partial charge >= 0.3 is 7.12 Å². The number of rotatable bonds is 7. The van der Waals surface area contributed by atoms with Crippen molar-refractivity contribution in [3.63, 3.8) is 0 Å². The van der Waals surface area contributed by atoms with Gasteiger partial charge in [0.05, 0.1) is 19.2 Å². The SMILES string of the molecule is Cc1ccc([P+](CCC(=O)Nc2ccc3c(c2)B(O)OC3)(c2ccc(C)cc2)c2ccc(C)cc2)cc1. The van der Waals surface area contributed by atoms with Gasteiger partial charge in [-0.3, -0.25) is 4.79 Å². The molecule has 0 fully saturated rings. The average molecular weight is 508 g/mol. The number of benzene rings is 4. The Hall–Kier alpha value is -3.24. The molecule has 0 spiro atoms. The predicted molar refractivity (Wildman–Crippen MR) is 156 cm³/mol. The van der Waals surface area contributed by atoms with E-state index in [1.165, 1.54) is 32.6 Å². The van der Waals surface area contributed by atoms with E-state index in [0.29, 0.717) is 24.9 Å². The highest BCUT2D eigenvalue weighted by Crippen LogP contribution is 2.56. The molecule has 0 saturated carbocycles. The molecule has 1 aliphatic heterocycles. The van der Waals surface area contributed by atoms with Crippen molar-refractivity contribution in [2.24, 2.45) is 0 Å².